The van der Waals surface area contributed by atoms with Gasteiger partial charge in [0.25, 0.3) is 0 Å². The van der Waals surface area contributed by atoms with Crippen LogP contribution in [0, 0.1) is 4.91 Å². The predicted molar refractivity (Wildman–Crippen MR) is 44.4 cm³/mol. The molecule has 6 heteroatoms. The number of hydrogen-bond donors (Lipinski definition) is 0. The van der Waals surface area contributed by atoms with E-state index in [4.69, 9.17) is 16.3 Å². The van der Waals surface area contributed by atoms with E-state index >= 15 is 0 Å². The van der Waals surface area contributed by atoms with Crippen LogP contribution in [0.2, 0.25) is 0 Å². The zero-order chi connectivity index (χ0) is 9.56. The summed E-state index contributed by atoms with van der Waals surface area (Å²) in [5, 5.41) is 3.76. The Hall–Kier alpha value is -0.840. The molecule has 1 atom stereocenters. The molecule has 1 unspecified atom stereocenters. The lowest BCUT2D eigenvalue weighted by molar-refractivity contribution is -0.154. The summed E-state index contributed by atoms with van der Waals surface area (Å²) in [5.74, 6) is -0.785. The van der Waals surface area contributed by atoms with E-state index in [1.165, 1.54) is 0 Å². The lowest BCUT2D eigenvalue weighted by Gasteiger charge is -2.20. The van der Waals surface area contributed by atoms with Gasteiger partial charge in [-0.05, 0) is 13.8 Å². The van der Waals surface area contributed by atoms with Crippen molar-refractivity contribution in [3.63, 3.8) is 0 Å². The number of nitrogens with zero attached hydrogens (tertiary/aromatic N) is 2. The second kappa shape index (κ2) is 5.77. The Morgan fingerprint density at radius 2 is 2.33 bits per heavy atom. The third-order valence-electron chi connectivity index (χ3n) is 1.26. The van der Waals surface area contributed by atoms with E-state index < -0.39 is 12.2 Å². The minimum Gasteiger partial charge on any atom is -0.439 e. The van der Waals surface area contributed by atoms with E-state index in [0.29, 0.717) is 6.54 Å². The highest BCUT2D eigenvalue weighted by Crippen LogP contribution is 2.01. The van der Waals surface area contributed by atoms with Crippen LogP contribution in [-0.2, 0) is 9.53 Å². The molecular weight excluding hydrogens is 184 g/mol. The predicted octanol–water partition coefficient (Wildman–Crippen LogP) is 1.12. The lowest BCUT2D eigenvalue weighted by atomic mass is 10.5. The molecule has 70 valence electrons. The molecular formula is C6H11ClN2O3. The molecule has 0 aliphatic heterocycles. The molecule has 0 fully saturated rings. The van der Waals surface area contributed by atoms with Crippen LogP contribution in [0.15, 0.2) is 5.29 Å². The SMILES string of the molecule is CCN(N=O)C(C)OC(=O)CCl. The molecule has 0 rings (SSSR count). The van der Waals surface area contributed by atoms with Crippen LogP contribution in [-0.4, -0.2) is 29.6 Å². The van der Waals surface area contributed by atoms with Gasteiger partial charge in [-0.2, -0.15) is 0 Å². The molecule has 0 aliphatic rings. The van der Waals surface area contributed by atoms with Gasteiger partial charge in [-0.3, -0.25) is 4.79 Å². The molecule has 0 aliphatic carbocycles. The zero-order valence-electron chi connectivity index (χ0n) is 6.99. The van der Waals surface area contributed by atoms with Crippen molar-refractivity contribution in [1.82, 2.24) is 5.01 Å². The first-order valence-corrected chi connectivity index (χ1v) is 4.04. The first-order valence-electron chi connectivity index (χ1n) is 3.51. The van der Waals surface area contributed by atoms with Crippen LogP contribution in [0.5, 0.6) is 0 Å². The normalized spacial score (nSPS) is 11.9. The number of carbonyl (C=O) groups excluding carboxylic acids is 1. The van der Waals surface area contributed by atoms with Crippen molar-refractivity contribution >= 4 is 17.6 Å². The van der Waals surface area contributed by atoms with E-state index in [0.717, 1.165) is 5.01 Å². The summed E-state index contributed by atoms with van der Waals surface area (Å²) in [7, 11) is 0. The van der Waals surface area contributed by atoms with Gasteiger partial charge < -0.3 is 4.74 Å². The van der Waals surface area contributed by atoms with Crippen molar-refractivity contribution in [3.05, 3.63) is 4.91 Å². The molecule has 0 saturated heterocycles. The van der Waals surface area contributed by atoms with Crippen LogP contribution in [0.1, 0.15) is 13.8 Å². The number of alkyl halides is 1. The molecule has 0 heterocycles. The van der Waals surface area contributed by atoms with Gasteiger partial charge in [-0.1, -0.05) is 0 Å². The van der Waals surface area contributed by atoms with Crippen LogP contribution in [0.4, 0.5) is 0 Å². The summed E-state index contributed by atoms with van der Waals surface area (Å²) >= 11 is 5.19. The van der Waals surface area contributed by atoms with Crippen molar-refractivity contribution in [2.24, 2.45) is 5.29 Å². The Morgan fingerprint density at radius 3 is 2.67 bits per heavy atom. The molecule has 0 aromatic carbocycles. The van der Waals surface area contributed by atoms with Gasteiger partial charge in [0.15, 0.2) is 6.23 Å². The Balaban J connectivity index is 3.91. The van der Waals surface area contributed by atoms with Crippen LogP contribution in [0.25, 0.3) is 0 Å². The number of esters is 1. The van der Waals surface area contributed by atoms with E-state index in [9.17, 15) is 9.70 Å². The van der Waals surface area contributed by atoms with E-state index in [1.54, 1.807) is 13.8 Å². The maximum atomic E-state index is 10.6. The summed E-state index contributed by atoms with van der Waals surface area (Å²) in [5.41, 5.74) is 0. The first kappa shape index (κ1) is 11.2. The molecule has 0 radical (unpaired) electrons. The van der Waals surface area contributed by atoms with E-state index in [-0.39, 0.29) is 5.88 Å². The average molecular weight is 195 g/mol. The van der Waals surface area contributed by atoms with Crippen molar-refractivity contribution in [2.45, 2.75) is 20.1 Å². The molecule has 12 heavy (non-hydrogen) atoms. The quantitative estimate of drug-likeness (QED) is 0.216. The minimum atomic E-state index is -0.654. The number of hydrogen-bond acceptors (Lipinski definition) is 4. The fourth-order valence-electron chi connectivity index (χ4n) is 0.664. The number of ether oxygens (including phenoxy) is 1. The largest absolute Gasteiger partial charge is 0.439 e. The number of halogens is 1. The Kier molecular flexibility index (Phi) is 5.36. The average Bonchev–Trinajstić information content (AvgIpc) is 2.06. The first-order chi connectivity index (χ1) is 5.65. The zero-order valence-corrected chi connectivity index (χ0v) is 7.74. The maximum Gasteiger partial charge on any atom is 0.322 e. The fourth-order valence-corrected chi connectivity index (χ4v) is 0.727. The second-order valence-electron chi connectivity index (χ2n) is 2.06. The van der Waals surface area contributed by atoms with Crippen LogP contribution in [0.3, 0.4) is 0 Å². The number of carbonyl (C=O) groups is 1. The molecule has 0 bridgehead atoms. The number of rotatable bonds is 5. The van der Waals surface area contributed by atoms with Crippen molar-refractivity contribution in [2.75, 3.05) is 12.4 Å². The van der Waals surface area contributed by atoms with Gasteiger partial charge in [0.1, 0.15) is 5.88 Å². The van der Waals surface area contributed by atoms with Crippen molar-refractivity contribution in [3.8, 4) is 0 Å². The summed E-state index contributed by atoms with van der Waals surface area (Å²) in [4.78, 5) is 20.7. The standard InChI is InChI=1S/C6H11ClN2O3/c1-3-9(8-11)5(2)12-6(10)4-7/h5H,3-4H2,1-2H3. The molecule has 0 saturated carbocycles. The molecule has 0 N–H and O–H groups in total. The molecule has 0 aromatic rings. The topological polar surface area (TPSA) is 59.0 Å². The third-order valence-corrected chi connectivity index (χ3v) is 1.48. The van der Waals surface area contributed by atoms with Gasteiger partial charge in [0.2, 0.25) is 0 Å². The molecule has 5 nitrogen and oxygen atoms in total. The minimum absolute atomic E-state index is 0.221. The van der Waals surface area contributed by atoms with E-state index in [2.05, 4.69) is 5.29 Å². The summed E-state index contributed by atoms with van der Waals surface area (Å²) in [6, 6.07) is 0. The second-order valence-corrected chi connectivity index (χ2v) is 2.33. The van der Waals surface area contributed by atoms with Gasteiger partial charge in [0, 0.05) is 6.54 Å². The highest BCUT2D eigenvalue weighted by Gasteiger charge is 2.14. The van der Waals surface area contributed by atoms with Gasteiger partial charge in [-0.15, -0.1) is 16.5 Å². The maximum absolute atomic E-state index is 10.6. The lowest BCUT2D eigenvalue weighted by Crippen LogP contribution is -2.32. The number of nitroso groups, excluding NO2 is 1. The van der Waals surface area contributed by atoms with Crippen LogP contribution >= 0.6 is 11.6 Å². The summed E-state index contributed by atoms with van der Waals surface area (Å²) < 4.78 is 4.70. The van der Waals surface area contributed by atoms with Crippen LogP contribution < -0.4 is 0 Å². The van der Waals surface area contributed by atoms with E-state index in [1.807, 2.05) is 0 Å². The third kappa shape index (κ3) is 3.52. The Labute approximate surface area is 75.6 Å². The van der Waals surface area contributed by atoms with Gasteiger partial charge in [0.05, 0.1) is 5.29 Å². The smallest absolute Gasteiger partial charge is 0.322 e. The monoisotopic (exact) mass is 194 g/mol. The highest BCUT2D eigenvalue weighted by atomic mass is 35.5. The Morgan fingerprint density at radius 1 is 1.75 bits per heavy atom. The van der Waals surface area contributed by atoms with Gasteiger partial charge >= 0.3 is 5.97 Å². The molecule has 0 aromatic heterocycles. The summed E-state index contributed by atoms with van der Waals surface area (Å²) in [6.07, 6.45) is -0.654. The highest BCUT2D eigenvalue weighted by molar-refractivity contribution is 6.26. The Bertz CT molecular complexity index is 165. The molecule has 0 amide bonds. The fraction of sp³-hybridized carbons (Fsp3) is 0.833. The van der Waals surface area contributed by atoms with Crippen molar-refractivity contribution < 1.29 is 9.53 Å². The van der Waals surface area contributed by atoms with Crippen molar-refractivity contribution in [1.29, 1.82) is 0 Å². The summed E-state index contributed by atoms with van der Waals surface area (Å²) in [6.45, 7) is 3.67. The molecule has 0 spiro atoms. The van der Waals surface area contributed by atoms with Gasteiger partial charge in [-0.25, -0.2) is 5.01 Å².